The monoisotopic (exact) mass is 756 g/mol. The van der Waals surface area contributed by atoms with E-state index < -0.39 is 0 Å². The van der Waals surface area contributed by atoms with Gasteiger partial charge in [-0.2, -0.15) is 5.26 Å². The zero-order valence-electron chi connectivity index (χ0n) is 33.0. The lowest BCUT2D eigenvalue weighted by molar-refractivity contribution is 0.279. The molecular weight excluding hydrogens is 717 g/mol. The van der Waals surface area contributed by atoms with Crippen LogP contribution in [0.15, 0.2) is 188 Å². The first-order valence-corrected chi connectivity index (χ1v) is 20.4. The maximum Gasteiger partial charge on any atom is 0.128 e. The van der Waals surface area contributed by atoms with Crippen LogP contribution in [0.1, 0.15) is 48.1 Å². The number of benzene rings is 8. The highest BCUT2D eigenvalue weighted by Crippen LogP contribution is 2.52. The first kappa shape index (κ1) is 34.8. The van der Waals surface area contributed by atoms with Gasteiger partial charge in [0.05, 0.1) is 11.6 Å². The fourth-order valence-electron chi connectivity index (χ4n) is 9.49. The van der Waals surface area contributed by atoms with E-state index in [0.717, 1.165) is 34.8 Å². The topological polar surface area (TPSA) is 36.3 Å². The Morgan fingerprint density at radius 2 is 1.17 bits per heavy atom. The van der Waals surface area contributed by atoms with Crippen LogP contribution in [-0.2, 0) is 5.41 Å². The van der Waals surface area contributed by atoms with Crippen molar-refractivity contribution in [3.8, 4) is 45.2 Å². The fraction of sp³-hybridized carbons (Fsp3) is 0.0893. The van der Waals surface area contributed by atoms with Crippen LogP contribution in [0.2, 0.25) is 0 Å². The molecule has 1 heterocycles. The summed E-state index contributed by atoms with van der Waals surface area (Å²) in [5, 5.41) is 12.1. The van der Waals surface area contributed by atoms with Gasteiger partial charge in [0.25, 0.3) is 0 Å². The van der Waals surface area contributed by atoms with Crippen LogP contribution in [0.25, 0.3) is 55.3 Å². The second-order valence-electron chi connectivity index (χ2n) is 16.4. The number of hydrogen-bond donors (Lipinski definition) is 0. The van der Waals surface area contributed by atoms with E-state index in [0.29, 0.717) is 5.56 Å². The van der Waals surface area contributed by atoms with E-state index in [-0.39, 0.29) is 11.5 Å². The molecule has 280 valence electrons. The molecule has 0 aromatic heterocycles. The summed E-state index contributed by atoms with van der Waals surface area (Å²) in [6.07, 6.45) is 5.56. The molecule has 0 radical (unpaired) electrons. The SMILES string of the molecule is CC1(C)c2cc(-c3ccccc3)ccc2-c2ccc(N(c3ccc(C#N)cc3)c3ccc(-c4ccc(C5=CCC6Oc7ccc8ccccc8c7C6=C5)cc4)cc3)cc21. The van der Waals surface area contributed by atoms with Crippen molar-refractivity contribution in [2.24, 2.45) is 0 Å². The minimum Gasteiger partial charge on any atom is -0.485 e. The first-order valence-electron chi connectivity index (χ1n) is 20.4. The lowest BCUT2D eigenvalue weighted by Gasteiger charge is -2.28. The Balaban J connectivity index is 0.903. The second-order valence-corrected chi connectivity index (χ2v) is 16.4. The summed E-state index contributed by atoms with van der Waals surface area (Å²) in [7, 11) is 0. The highest BCUT2D eigenvalue weighted by molar-refractivity contribution is 6.02. The smallest absolute Gasteiger partial charge is 0.128 e. The normalized spacial score (nSPS) is 15.5. The first-order chi connectivity index (χ1) is 28.9. The summed E-state index contributed by atoms with van der Waals surface area (Å²) < 4.78 is 6.40. The molecule has 0 saturated carbocycles. The predicted octanol–water partition coefficient (Wildman–Crippen LogP) is 14.5. The third-order valence-electron chi connectivity index (χ3n) is 12.6. The van der Waals surface area contributed by atoms with Gasteiger partial charge < -0.3 is 9.64 Å². The standard InChI is InChI=1S/C56H40N2O/c1-56(2)51-33-43(37-8-4-3-5-9-37)20-28-48(51)49-29-27-46(34-52(49)56)58(44-23-12-36(35-57)13-24-44)45-25-18-39(19-26-45)38-14-16-40(17-15-38)42-22-30-53-50(32-42)55-47-11-7-6-10-41(47)21-31-54(55)59-53/h3-29,31-34,53H,30H2,1-2H3. The number of ether oxygens (including phenoxy) is 1. The number of rotatable bonds is 6. The second kappa shape index (κ2) is 13.6. The van der Waals surface area contributed by atoms with Crippen molar-refractivity contribution in [3.05, 3.63) is 216 Å². The average Bonchev–Trinajstić information content (AvgIpc) is 3.78. The minimum absolute atomic E-state index is 0.0638. The molecule has 1 atom stereocenters. The van der Waals surface area contributed by atoms with Crippen LogP contribution in [0.4, 0.5) is 17.1 Å². The molecule has 0 N–H and O–H groups in total. The number of fused-ring (bicyclic) bond motifs is 8. The molecule has 8 aromatic carbocycles. The van der Waals surface area contributed by atoms with Crippen molar-refractivity contribution >= 4 is 39.0 Å². The van der Waals surface area contributed by atoms with Gasteiger partial charge in [-0.05, 0) is 133 Å². The molecule has 11 rings (SSSR count). The number of nitriles is 1. The lowest BCUT2D eigenvalue weighted by atomic mass is 9.81. The van der Waals surface area contributed by atoms with Crippen molar-refractivity contribution in [2.45, 2.75) is 31.8 Å². The Morgan fingerprint density at radius 3 is 1.92 bits per heavy atom. The zero-order valence-corrected chi connectivity index (χ0v) is 33.0. The van der Waals surface area contributed by atoms with Gasteiger partial charge in [-0.15, -0.1) is 0 Å². The minimum atomic E-state index is -0.187. The van der Waals surface area contributed by atoms with Gasteiger partial charge in [0, 0.05) is 40.0 Å². The van der Waals surface area contributed by atoms with Gasteiger partial charge in [0.15, 0.2) is 0 Å². The quantitative estimate of drug-likeness (QED) is 0.169. The van der Waals surface area contributed by atoms with Crippen molar-refractivity contribution < 1.29 is 4.74 Å². The lowest BCUT2D eigenvalue weighted by Crippen LogP contribution is -2.16. The molecule has 59 heavy (non-hydrogen) atoms. The van der Waals surface area contributed by atoms with E-state index in [9.17, 15) is 5.26 Å². The highest BCUT2D eigenvalue weighted by Gasteiger charge is 2.36. The van der Waals surface area contributed by atoms with E-state index >= 15 is 0 Å². The van der Waals surface area contributed by atoms with Crippen molar-refractivity contribution in [3.63, 3.8) is 0 Å². The predicted molar refractivity (Wildman–Crippen MR) is 243 cm³/mol. The van der Waals surface area contributed by atoms with E-state index in [2.05, 4.69) is 189 Å². The number of allylic oxidation sites excluding steroid dienone is 2. The van der Waals surface area contributed by atoms with Crippen molar-refractivity contribution in [2.75, 3.05) is 4.90 Å². The van der Waals surface area contributed by atoms with Crippen LogP contribution in [-0.4, -0.2) is 6.10 Å². The van der Waals surface area contributed by atoms with Crippen molar-refractivity contribution in [1.29, 1.82) is 5.26 Å². The van der Waals surface area contributed by atoms with Crippen LogP contribution in [0.5, 0.6) is 5.75 Å². The van der Waals surface area contributed by atoms with Gasteiger partial charge in [-0.25, -0.2) is 0 Å². The largest absolute Gasteiger partial charge is 0.485 e. The van der Waals surface area contributed by atoms with Crippen LogP contribution >= 0.6 is 0 Å². The fourth-order valence-corrected chi connectivity index (χ4v) is 9.49. The molecule has 3 heteroatoms. The third-order valence-corrected chi connectivity index (χ3v) is 12.6. The summed E-state index contributed by atoms with van der Waals surface area (Å²) in [5.74, 6) is 0.981. The Kier molecular flexibility index (Phi) is 8.03. The Labute approximate surface area is 345 Å². The number of anilines is 3. The summed E-state index contributed by atoms with van der Waals surface area (Å²) >= 11 is 0. The molecule has 0 fully saturated rings. The summed E-state index contributed by atoms with van der Waals surface area (Å²) in [5.41, 5.74) is 18.5. The molecule has 0 saturated heterocycles. The molecule has 2 aliphatic carbocycles. The molecule has 0 spiro atoms. The molecule has 3 aliphatic rings. The molecule has 1 unspecified atom stereocenters. The number of hydrogen-bond acceptors (Lipinski definition) is 3. The van der Waals surface area contributed by atoms with Crippen LogP contribution in [0.3, 0.4) is 0 Å². The van der Waals surface area contributed by atoms with E-state index in [1.54, 1.807) is 0 Å². The third kappa shape index (κ3) is 5.79. The number of nitrogens with zero attached hydrogens (tertiary/aromatic N) is 2. The van der Waals surface area contributed by atoms with Crippen molar-refractivity contribution in [1.82, 2.24) is 0 Å². The summed E-state index contributed by atoms with van der Waals surface area (Å²) in [6, 6.07) is 65.2. The maximum absolute atomic E-state index is 9.60. The van der Waals surface area contributed by atoms with E-state index in [4.69, 9.17) is 4.74 Å². The van der Waals surface area contributed by atoms with Gasteiger partial charge in [-0.1, -0.05) is 135 Å². The highest BCUT2D eigenvalue weighted by atomic mass is 16.5. The van der Waals surface area contributed by atoms with E-state index in [1.165, 1.54) is 72.0 Å². The molecule has 0 bridgehead atoms. The molecular formula is C56H40N2O. The molecule has 8 aromatic rings. The van der Waals surface area contributed by atoms with Crippen LogP contribution in [0, 0.1) is 11.3 Å². The molecule has 3 nitrogen and oxygen atoms in total. The van der Waals surface area contributed by atoms with Gasteiger partial charge in [0.2, 0.25) is 0 Å². The zero-order chi connectivity index (χ0) is 39.7. The van der Waals surface area contributed by atoms with E-state index in [1.807, 2.05) is 24.3 Å². The van der Waals surface area contributed by atoms with Gasteiger partial charge in [0.1, 0.15) is 11.9 Å². The summed E-state index contributed by atoms with van der Waals surface area (Å²) in [4.78, 5) is 2.30. The molecule has 0 amide bonds. The average molecular weight is 757 g/mol. The maximum atomic E-state index is 9.60. The summed E-state index contributed by atoms with van der Waals surface area (Å²) in [6.45, 7) is 4.68. The Bertz CT molecular complexity index is 3060. The Morgan fingerprint density at radius 1 is 0.576 bits per heavy atom. The van der Waals surface area contributed by atoms with Crippen LogP contribution < -0.4 is 9.64 Å². The van der Waals surface area contributed by atoms with Gasteiger partial charge in [-0.3, -0.25) is 0 Å². The molecule has 1 aliphatic heterocycles. The van der Waals surface area contributed by atoms with Gasteiger partial charge >= 0.3 is 0 Å². The Hall–Kier alpha value is -7.41.